The number of aromatic nitrogens is 2. The van der Waals surface area contributed by atoms with Gasteiger partial charge in [-0.3, -0.25) is 14.7 Å². The molecule has 0 fully saturated rings. The van der Waals surface area contributed by atoms with Gasteiger partial charge in [0.25, 0.3) is 5.91 Å². The number of rotatable bonds is 6. The second kappa shape index (κ2) is 8.75. The van der Waals surface area contributed by atoms with E-state index in [0.717, 1.165) is 22.6 Å². The molecule has 1 aliphatic rings. The van der Waals surface area contributed by atoms with Gasteiger partial charge in [-0.2, -0.15) is 5.10 Å². The Morgan fingerprint density at radius 2 is 1.42 bits per heavy atom. The van der Waals surface area contributed by atoms with E-state index in [0.29, 0.717) is 12.1 Å². The first kappa shape index (κ1) is 22.6. The number of benzene rings is 2. The lowest BCUT2D eigenvalue weighted by atomic mass is 9.68. The van der Waals surface area contributed by atoms with Crippen molar-refractivity contribution in [3.05, 3.63) is 82.7 Å². The van der Waals surface area contributed by atoms with Crippen LogP contribution in [0.1, 0.15) is 32.9 Å². The summed E-state index contributed by atoms with van der Waals surface area (Å²) in [5, 5.41) is 8.64. The highest BCUT2D eigenvalue weighted by atomic mass is 16.7. The van der Waals surface area contributed by atoms with Gasteiger partial charge in [0.05, 0.1) is 7.11 Å². The Hall–Kier alpha value is -3.58. The van der Waals surface area contributed by atoms with Crippen LogP contribution in [-0.2, 0) is 16.7 Å². The quantitative estimate of drug-likeness (QED) is 0.586. The Morgan fingerprint density at radius 3 is 1.88 bits per heavy atom. The maximum atomic E-state index is 12.7. The van der Waals surface area contributed by atoms with E-state index in [2.05, 4.69) is 74.6 Å². The summed E-state index contributed by atoms with van der Waals surface area (Å²) in [7, 11) is 11.2. The third kappa shape index (κ3) is 4.00. The monoisotopic (exact) mass is 445 g/mol. The van der Waals surface area contributed by atoms with Crippen LogP contribution in [0.25, 0.3) is 6.08 Å². The summed E-state index contributed by atoms with van der Waals surface area (Å²) in [5.41, 5.74) is 6.39. The van der Waals surface area contributed by atoms with E-state index < -0.39 is 0 Å². The molecule has 0 aliphatic heterocycles. The standard InChI is InChI=1S/C26H31N5O2/c1-29(2)20-11-7-18(8-12-20)26(19-9-13-21(14-10-19)30(3)4)16-15-22-23(17-26)27-28-24(22)25(32)31(5)33-6/h7-16H,17H2,1-6H3,(H,27,28). The molecule has 2 aromatic carbocycles. The lowest BCUT2D eigenvalue weighted by Crippen LogP contribution is -2.31. The summed E-state index contributed by atoms with van der Waals surface area (Å²) >= 11 is 0. The van der Waals surface area contributed by atoms with Gasteiger partial charge >= 0.3 is 0 Å². The molecule has 1 aliphatic carbocycles. The average Bonchev–Trinajstić information content (AvgIpc) is 3.26. The molecule has 172 valence electrons. The first-order chi connectivity index (χ1) is 15.8. The van der Waals surface area contributed by atoms with Crippen LogP contribution >= 0.6 is 0 Å². The third-order valence-electron chi connectivity index (χ3n) is 6.43. The topological polar surface area (TPSA) is 64.7 Å². The molecule has 7 heteroatoms. The highest BCUT2D eigenvalue weighted by molar-refractivity contribution is 5.96. The van der Waals surface area contributed by atoms with Crippen LogP contribution in [0.3, 0.4) is 0 Å². The van der Waals surface area contributed by atoms with Gasteiger partial charge < -0.3 is 9.80 Å². The maximum Gasteiger partial charge on any atom is 0.298 e. The molecule has 0 bridgehead atoms. The fraction of sp³-hybridized carbons (Fsp3) is 0.308. The second-order valence-electron chi connectivity index (χ2n) is 8.81. The number of hydrogen-bond acceptors (Lipinski definition) is 5. The number of allylic oxidation sites excluding steroid dienone is 1. The minimum atomic E-state index is -0.386. The second-order valence-corrected chi connectivity index (χ2v) is 8.81. The molecule has 0 unspecified atom stereocenters. The minimum absolute atomic E-state index is 0.280. The summed E-state index contributed by atoms with van der Waals surface area (Å²) in [4.78, 5) is 21.9. The Balaban J connectivity index is 1.81. The predicted molar refractivity (Wildman–Crippen MR) is 133 cm³/mol. The number of carbonyl (C=O) groups excluding carboxylic acids is 1. The van der Waals surface area contributed by atoms with E-state index in [4.69, 9.17) is 4.84 Å². The van der Waals surface area contributed by atoms with Crippen molar-refractivity contribution in [2.45, 2.75) is 11.8 Å². The summed E-state index contributed by atoms with van der Waals surface area (Å²) in [6.07, 6.45) is 4.88. The van der Waals surface area contributed by atoms with Crippen LogP contribution in [0, 0.1) is 0 Å². The van der Waals surface area contributed by atoms with Crippen LogP contribution in [0.5, 0.6) is 0 Å². The van der Waals surface area contributed by atoms with Crippen molar-refractivity contribution in [1.29, 1.82) is 0 Å². The van der Waals surface area contributed by atoms with Gasteiger partial charge in [-0.05, 0) is 35.4 Å². The van der Waals surface area contributed by atoms with Gasteiger partial charge in [0.2, 0.25) is 0 Å². The highest BCUT2D eigenvalue weighted by Gasteiger charge is 2.37. The number of nitrogens with zero attached hydrogens (tertiary/aromatic N) is 4. The van der Waals surface area contributed by atoms with Crippen LogP contribution in [0.4, 0.5) is 11.4 Å². The normalized spacial score (nSPS) is 14.0. The summed E-state index contributed by atoms with van der Waals surface area (Å²) < 4.78 is 0. The van der Waals surface area contributed by atoms with Gasteiger partial charge in [0.15, 0.2) is 5.69 Å². The number of H-pyrrole nitrogens is 1. The zero-order valence-electron chi connectivity index (χ0n) is 20.1. The van der Waals surface area contributed by atoms with Crippen molar-refractivity contribution >= 4 is 23.4 Å². The lowest BCUT2D eigenvalue weighted by molar-refractivity contribution is -0.0760. The molecule has 4 rings (SSSR count). The van der Waals surface area contributed by atoms with E-state index in [-0.39, 0.29) is 11.3 Å². The van der Waals surface area contributed by atoms with Gasteiger partial charge in [0.1, 0.15) is 0 Å². The van der Waals surface area contributed by atoms with Crippen LogP contribution in [0.15, 0.2) is 54.6 Å². The largest absolute Gasteiger partial charge is 0.378 e. The van der Waals surface area contributed by atoms with Crippen molar-refractivity contribution in [2.75, 3.05) is 52.1 Å². The average molecular weight is 446 g/mol. The molecule has 7 nitrogen and oxygen atoms in total. The van der Waals surface area contributed by atoms with Gasteiger partial charge in [-0.1, -0.05) is 36.4 Å². The summed E-state index contributed by atoms with van der Waals surface area (Å²) in [6, 6.07) is 17.3. The Kier molecular flexibility index (Phi) is 5.99. The lowest BCUT2D eigenvalue weighted by Gasteiger charge is -2.35. The van der Waals surface area contributed by atoms with Crippen molar-refractivity contribution in [3.8, 4) is 0 Å². The number of nitrogens with one attached hydrogen (secondary N) is 1. The number of anilines is 2. The molecule has 0 saturated heterocycles. The number of hydroxylamine groups is 2. The van der Waals surface area contributed by atoms with Gasteiger partial charge in [-0.25, -0.2) is 5.06 Å². The Labute approximate surface area is 195 Å². The number of hydrogen-bond donors (Lipinski definition) is 1. The highest BCUT2D eigenvalue weighted by Crippen LogP contribution is 2.42. The van der Waals surface area contributed by atoms with Gasteiger partial charge in [0, 0.05) is 69.7 Å². The molecule has 1 amide bonds. The van der Waals surface area contributed by atoms with E-state index in [1.54, 1.807) is 7.05 Å². The molecule has 1 heterocycles. The summed E-state index contributed by atoms with van der Waals surface area (Å²) in [5.74, 6) is -0.280. The van der Waals surface area contributed by atoms with Crippen molar-refractivity contribution in [3.63, 3.8) is 0 Å². The van der Waals surface area contributed by atoms with E-state index in [1.165, 1.54) is 23.3 Å². The van der Waals surface area contributed by atoms with Crippen molar-refractivity contribution in [2.24, 2.45) is 0 Å². The maximum absolute atomic E-state index is 12.7. The Morgan fingerprint density at radius 1 is 0.909 bits per heavy atom. The zero-order valence-corrected chi connectivity index (χ0v) is 20.1. The first-order valence-corrected chi connectivity index (χ1v) is 10.9. The predicted octanol–water partition coefficient (Wildman–Crippen LogP) is 3.73. The molecule has 0 radical (unpaired) electrons. The van der Waals surface area contributed by atoms with E-state index in [1.807, 2.05) is 34.3 Å². The van der Waals surface area contributed by atoms with E-state index >= 15 is 0 Å². The minimum Gasteiger partial charge on any atom is -0.378 e. The van der Waals surface area contributed by atoms with Crippen molar-refractivity contribution in [1.82, 2.24) is 15.3 Å². The zero-order chi connectivity index (χ0) is 23.8. The first-order valence-electron chi connectivity index (χ1n) is 10.9. The summed E-state index contributed by atoms with van der Waals surface area (Å²) in [6.45, 7) is 0. The third-order valence-corrected chi connectivity index (χ3v) is 6.43. The van der Waals surface area contributed by atoms with Crippen molar-refractivity contribution < 1.29 is 9.63 Å². The fourth-order valence-electron chi connectivity index (χ4n) is 4.34. The van der Waals surface area contributed by atoms with E-state index in [9.17, 15) is 4.79 Å². The molecule has 0 atom stereocenters. The number of carbonyl (C=O) groups is 1. The molecule has 0 saturated carbocycles. The molecular weight excluding hydrogens is 414 g/mol. The van der Waals surface area contributed by atoms with Gasteiger partial charge in [-0.15, -0.1) is 0 Å². The smallest absolute Gasteiger partial charge is 0.298 e. The number of aromatic amines is 1. The van der Waals surface area contributed by atoms with Crippen LogP contribution in [0.2, 0.25) is 0 Å². The molecule has 1 aromatic heterocycles. The van der Waals surface area contributed by atoms with Crippen LogP contribution in [-0.4, -0.2) is 63.5 Å². The molecule has 33 heavy (non-hydrogen) atoms. The number of amides is 1. The molecule has 1 N–H and O–H groups in total. The SMILES string of the molecule is CON(C)C(=O)c1n[nH]c2c1C=CC(c1ccc(N(C)C)cc1)(c1ccc(N(C)C)cc1)C2. The fourth-order valence-corrected chi connectivity index (χ4v) is 4.34. The molecule has 3 aromatic rings. The Bertz CT molecular complexity index is 1110. The molecular formula is C26H31N5O2. The number of fused-ring (bicyclic) bond motifs is 1. The van der Waals surface area contributed by atoms with Crippen LogP contribution < -0.4 is 9.80 Å². The molecule has 0 spiro atoms.